The molecule has 0 spiro atoms. The van der Waals surface area contributed by atoms with Crippen LogP contribution < -0.4 is 10.1 Å². The number of carboxylic acid groups (broad SMARTS) is 1. The van der Waals surface area contributed by atoms with Gasteiger partial charge >= 0.3 is 5.97 Å². The molecule has 2 heterocycles. The second-order valence-corrected chi connectivity index (χ2v) is 11.5. The van der Waals surface area contributed by atoms with Crippen molar-refractivity contribution in [2.24, 2.45) is 0 Å². The molecule has 1 unspecified atom stereocenters. The Morgan fingerprint density at radius 2 is 1.75 bits per heavy atom. The highest BCUT2D eigenvalue weighted by Gasteiger charge is 2.70. The van der Waals surface area contributed by atoms with Gasteiger partial charge in [0.1, 0.15) is 22.7 Å². The van der Waals surface area contributed by atoms with E-state index in [0.717, 1.165) is 3.57 Å². The fraction of sp³-hybridized carbons (Fsp3) is 0.348. The number of aliphatic carboxylic acids is 1. The van der Waals surface area contributed by atoms with Gasteiger partial charge in [0.2, 0.25) is 6.10 Å². The maximum absolute atomic E-state index is 13.4. The number of nitrogens with zero attached hydrogens (tertiary/aromatic N) is 1. The summed E-state index contributed by atoms with van der Waals surface area (Å²) < 4.78 is 6.29. The Hall–Kier alpha value is -2.27. The molecule has 2 fully saturated rings. The van der Waals surface area contributed by atoms with Crippen molar-refractivity contribution in [2.75, 3.05) is 0 Å². The number of carboxylic acids is 1. The number of carbonyl (C=O) groups excluding carboxylic acids is 2. The Kier molecular flexibility index (Phi) is 5.91. The molecule has 0 radical (unpaired) electrons. The van der Waals surface area contributed by atoms with Crippen LogP contribution in [0.2, 0.25) is 0 Å². The van der Waals surface area contributed by atoms with E-state index >= 15 is 0 Å². The highest BCUT2D eigenvalue weighted by atomic mass is 127. The summed E-state index contributed by atoms with van der Waals surface area (Å²) >= 11 is 3.53. The van der Waals surface area contributed by atoms with Crippen molar-refractivity contribution in [1.29, 1.82) is 0 Å². The van der Waals surface area contributed by atoms with Crippen molar-refractivity contribution in [3.05, 3.63) is 63.7 Å². The maximum Gasteiger partial charge on any atom is 0.327 e. The minimum atomic E-state index is -1.22. The molecule has 2 N–H and O–H groups in total. The molecule has 4 atom stereocenters. The second kappa shape index (κ2) is 8.26. The fourth-order valence-corrected chi connectivity index (χ4v) is 6.39. The van der Waals surface area contributed by atoms with E-state index in [1.165, 1.54) is 16.7 Å². The first-order chi connectivity index (χ1) is 15.1. The lowest BCUT2D eigenvalue weighted by Gasteiger charge is -2.51. The number of carbonyl (C=O) groups is 3. The third kappa shape index (κ3) is 3.75. The monoisotopic (exact) mass is 566 g/mol. The molecule has 4 rings (SSSR count). The van der Waals surface area contributed by atoms with Crippen molar-refractivity contribution in [3.63, 3.8) is 0 Å². The number of para-hydroxylation sites is 1. The molecular formula is C23H23IN2O5S. The molecule has 168 valence electrons. The topological polar surface area (TPSA) is 95.9 Å². The number of hydrogen-bond acceptors (Lipinski definition) is 5. The number of amides is 2. The molecule has 9 heteroatoms. The van der Waals surface area contributed by atoms with Gasteiger partial charge in [0.25, 0.3) is 11.8 Å². The van der Waals surface area contributed by atoms with E-state index in [9.17, 15) is 19.5 Å². The van der Waals surface area contributed by atoms with Gasteiger partial charge in [-0.15, -0.1) is 11.8 Å². The molecule has 2 aromatic rings. The normalized spacial score (nSPS) is 26.6. The van der Waals surface area contributed by atoms with Gasteiger partial charge in [0.15, 0.2) is 0 Å². The summed E-state index contributed by atoms with van der Waals surface area (Å²) in [6.45, 7) is 5.26. The molecule has 32 heavy (non-hydrogen) atoms. The number of rotatable bonds is 6. The summed E-state index contributed by atoms with van der Waals surface area (Å²) in [7, 11) is 0. The summed E-state index contributed by atoms with van der Waals surface area (Å²) in [6.07, 6.45) is -0.972. The third-order valence-electron chi connectivity index (χ3n) is 5.82. The minimum absolute atomic E-state index is 0.401. The summed E-state index contributed by atoms with van der Waals surface area (Å²) in [5, 5.41) is 12.1. The van der Waals surface area contributed by atoms with Crippen LogP contribution in [0.15, 0.2) is 54.6 Å². The number of hydrogen-bond donors (Lipinski definition) is 2. The summed E-state index contributed by atoms with van der Waals surface area (Å²) in [5.41, 5.74) is -0.566. The Balaban J connectivity index is 1.61. The van der Waals surface area contributed by atoms with Crippen molar-refractivity contribution in [1.82, 2.24) is 10.2 Å². The Bertz CT molecular complexity index is 1080. The van der Waals surface area contributed by atoms with Crippen LogP contribution in [-0.2, 0) is 14.4 Å². The molecule has 0 bridgehead atoms. The lowest BCUT2D eigenvalue weighted by Crippen LogP contribution is -2.78. The highest BCUT2D eigenvalue weighted by Crippen LogP contribution is 2.54. The lowest BCUT2D eigenvalue weighted by molar-refractivity contribution is -0.168. The number of fused-ring (bicyclic) bond motifs is 1. The molecule has 0 aromatic heterocycles. The average molecular weight is 566 g/mol. The van der Waals surface area contributed by atoms with E-state index in [0.29, 0.717) is 11.3 Å². The SMILES string of the molecule is CC1(C)S[C@H]2N(C(=O)[C@]2(C)NC(=O)C(Oc2ccccc2I)c2ccccc2)[C@H]1C(=O)O. The smallest absolute Gasteiger partial charge is 0.327 e. The van der Waals surface area contributed by atoms with E-state index in [4.69, 9.17) is 4.74 Å². The predicted octanol–water partition coefficient (Wildman–Crippen LogP) is 3.43. The Morgan fingerprint density at radius 1 is 1.12 bits per heavy atom. The molecule has 7 nitrogen and oxygen atoms in total. The van der Waals surface area contributed by atoms with Crippen LogP contribution >= 0.6 is 34.4 Å². The first-order valence-corrected chi connectivity index (χ1v) is 12.0. The van der Waals surface area contributed by atoms with Crippen LogP contribution in [0.3, 0.4) is 0 Å². The molecule has 0 saturated carbocycles. The maximum atomic E-state index is 13.4. The molecule has 2 aliphatic heterocycles. The third-order valence-corrected chi connectivity index (χ3v) is 8.46. The Morgan fingerprint density at radius 3 is 2.38 bits per heavy atom. The Labute approximate surface area is 204 Å². The van der Waals surface area contributed by atoms with E-state index < -0.39 is 45.6 Å². The predicted molar refractivity (Wildman–Crippen MR) is 129 cm³/mol. The van der Waals surface area contributed by atoms with E-state index in [2.05, 4.69) is 27.9 Å². The van der Waals surface area contributed by atoms with Crippen LogP contribution in [0.1, 0.15) is 32.4 Å². The lowest BCUT2D eigenvalue weighted by atomic mass is 9.86. The minimum Gasteiger partial charge on any atom is -0.480 e. The van der Waals surface area contributed by atoms with Crippen LogP contribution in [0.5, 0.6) is 5.75 Å². The van der Waals surface area contributed by atoms with Gasteiger partial charge in [0, 0.05) is 10.3 Å². The van der Waals surface area contributed by atoms with Crippen LogP contribution in [0, 0.1) is 3.57 Å². The number of ether oxygens (including phenoxy) is 1. The first kappa shape index (κ1) is 22.9. The van der Waals surface area contributed by atoms with Gasteiger partial charge in [-0.1, -0.05) is 42.5 Å². The molecule has 2 aliphatic rings. The molecule has 0 aliphatic carbocycles. The summed E-state index contributed by atoms with van der Waals surface area (Å²) in [5.74, 6) is -1.34. The summed E-state index contributed by atoms with van der Waals surface area (Å²) in [4.78, 5) is 39.7. The number of halogens is 1. The highest BCUT2D eigenvalue weighted by molar-refractivity contribution is 14.1. The van der Waals surface area contributed by atoms with Gasteiger partial charge < -0.3 is 20.1 Å². The molecule has 2 aromatic carbocycles. The quantitative estimate of drug-likeness (QED) is 0.411. The zero-order chi connectivity index (χ0) is 23.3. The van der Waals surface area contributed by atoms with Gasteiger partial charge in [-0.2, -0.15) is 0 Å². The average Bonchev–Trinajstić information content (AvgIpc) is 3.03. The zero-order valence-corrected chi connectivity index (χ0v) is 20.7. The molecule has 2 amide bonds. The van der Waals surface area contributed by atoms with E-state index in [1.54, 1.807) is 39.0 Å². The van der Waals surface area contributed by atoms with Crippen molar-refractivity contribution in [3.8, 4) is 5.75 Å². The van der Waals surface area contributed by atoms with Gasteiger partial charge in [0.05, 0.1) is 3.57 Å². The molecule has 2 saturated heterocycles. The summed E-state index contributed by atoms with van der Waals surface area (Å²) in [6, 6.07) is 15.5. The zero-order valence-electron chi connectivity index (χ0n) is 17.7. The van der Waals surface area contributed by atoms with Crippen LogP contribution in [0.25, 0.3) is 0 Å². The number of thioether (sulfide) groups is 1. The van der Waals surface area contributed by atoms with Gasteiger partial charge in [-0.25, -0.2) is 4.79 Å². The fourth-order valence-electron chi connectivity index (χ4n) is 4.23. The second-order valence-electron chi connectivity index (χ2n) is 8.56. The van der Waals surface area contributed by atoms with Crippen molar-refractivity contribution in [2.45, 2.75) is 48.6 Å². The number of benzene rings is 2. The largest absolute Gasteiger partial charge is 0.480 e. The van der Waals surface area contributed by atoms with Gasteiger partial charge in [-0.3, -0.25) is 9.59 Å². The number of nitrogens with one attached hydrogen (secondary N) is 1. The first-order valence-electron chi connectivity index (χ1n) is 10.1. The van der Waals surface area contributed by atoms with Crippen LogP contribution in [-0.4, -0.2) is 49.5 Å². The standard InChI is InChI=1S/C23H23IN2O5S/c1-22(2)17(19(28)29)26-20(30)23(3,21(26)32-22)25-18(27)16(13-9-5-4-6-10-13)31-15-12-8-7-11-14(15)24/h4-12,16-17,21H,1-3H3,(H,25,27)(H,28,29)/t16?,17-,21+,23-/m0/s1. The van der Waals surface area contributed by atoms with Gasteiger partial charge in [-0.05, 0) is 55.5 Å². The van der Waals surface area contributed by atoms with Crippen LogP contribution in [0.4, 0.5) is 0 Å². The van der Waals surface area contributed by atoms with E-state index in [-0.39, 0.29) is 0 Å². The van der Waals surface area contributed by atoms with E-state index in [1.807, 2.05) is 36.4 Å². The van der Waals surface area contributed by atoms with Crippen molar-refractivity contribution < 1.29 is 24.2 Å². The molecular weight excluding hydrogens is 543 g/mol. The number of β-lactam (4-membered cyclic amide) rings is 1. The van der Waals surface area contributed by atoms with Crippen molar-refractivity contribution >= 4 is 52.1 Å².